The molecule has 0 aromatic heterocycles. The number of amides is 2. The molecule has 0 saturated carbocycles. The number of hydrogen-bond donors (Lipinski definition) is 2. The van der Waals surface area contributed by atoms with Crippen LogP contribution < -0.4 is 10.6 Å². The highest BCUT2D eigenvalue weighted by molar-refractivity contribution is 5.78. The van der Waals surface area contributed by atoms with Crippen LogP contribution in [0.4, 0.5) is 0 Å². The largest absolute Gasteiger partial charge is 0.355 e. The van der Waals surface area contributed by atoms with Gasteiger partial charge >= 0.3 is 0 Å². The van der Waals surface area contributed by atoms with E-state index in [1.54, 1.807) is 11.9 Å². The van der Waals surface area contributed by atoms with Crippen LogP contribution >= 0.6 is 0 Å². The number of nitrogens with zero attached hydrogens (tertiary/aromatic N) is 1. The molecule has 5 nitrogen and oxygen atoms in total. The number of rotatable bonds is 4. The highest BCUT2D eigenvalue weighted by Gasteiger charge is 2.19. The van der Waals surface area contributed by atoms with Crippen molar-refractivity contribution in [1.82, 2.24) is 15.5 Å². The van der Waals surface area contributed by atoms with Crippen molar-refractivity contribution in [2.24, 2.45) is 0 Å². The third-order valence-corrected chi connectivity index (χ3v) is 2.98. The van der Waals surface area contributed by atoms with Crippen LogP contribution in [0, 0.1) is 0 Å². The first-order valence-corrected chi connectivity index (χ1v) is 5.76. The molecule has 92 valence electrons. The quantitative estimate of drug-likeness (QED) is 0.694. The van der Waals surface area contributed by atoms with Crippen LogP contribution in [0.2, 0.25) is 0 Å². The SMILES string of the molecule is CC(C)N(C)C(=O)CNC1CCC(=O)NC1. The molecule has 1 aliphatic rings. The molecular weight excluding hydrogens is 206 g/mol. The second kappa shape index (κ2) is 5.84. The first-order chi connectivity index (χ1) is 7.50. The van der Waals surface area contributed by atoms with Gasteiger partial charge in [0.25, 0.3) is 0 Å². The van der Waals surface area contributed by atoms with Crippen LogP contribution in [0.5, 0.6) is 0 Å². The van der Waals surface area contributed by atoms with Crippen molar-refractivity contribution < 1.29 is 9.59 Å². The molecule has 1 rings (SSSR count). The number of carbonyl (C=O) groups excluding carboxylic acids is 2. The number of nitrogens with one attached hydrogen (secondary N) is 2. The van der Waals surface area contributed by atoms with Gasteiger partial charge in [-0.2, -0.15) is 0 Å². The Morgan fingerprint density at radius 1 is 1.62 bits per heavy atom. The van der Waals surface area contributed by atoms with Crippen molar-refractivity contribution in [3.8, 4) is 0 Å². The van der Waals surface area contributed by atoms with Crippen LogP contribution in [-0.2, 0) is 9.59 Å². The van der Waals surface area contributed by atoms with Gasteiger partial charge in [-0.3, -0.25) is 9.59 Å². The van der Waals surface area contributed by atoms with Crippen LogP contribution in [0.1, 0.15) is 26.7 Å². The summed E-state index contributed by atoms with van der Waals surface area (Å²) >= 11 is 0. The van der Waals surface area contributed by atoms with Crippen LogP contribution in [0.25, 0.3) is 0 Å². The Bertz CT molecular complexity index is 256. The monoisotopic (exact) mass is 227 g/mol. The second-order valence-corrected chi connectivity index (χ2v) is 4.52. The fraction of sp³-hybridized carbons (Fsp3) is 0.818. The average Bonchev–Trinajstić information content (AvgIpc) is 2.26. The predicted octanol–water partition coefficient (Wildman–Crippen LogP) is -0.279. The molecule has 0 bridgehead atoms. The lowest BCUT2D eigenvalue weighted by Crippen LogP contribution is -2.49. The van der Waals surface area contributed by atoms with Gasteiger partial charge in [0.15, 0.2) is 0 Å². The zero-order chi connectivity index (χ0) is 12.1. The second-order valence-electron chi connectivity index (χ2n) is 4.52. The highest BCUT2D eigenvalue weighted by Crippen LogP contribution is 2.02. The third kappa shape index (κ3) is 3.81. The normalized spacial score (nSPS) is 20.8. The molecule has 1 unspecified atom stereocenters. The molecule has 0 spiro atoms. The zero-order valence-corrected chi connectivity index (χ0v) is 10.2. The molecule has 5 heteroatoms. The average molecular weight is 227 g/mol. The third-order valence-electron chi connectivity index (χ3n) is 2.98. The van der Waals surface area contributed by atoms with E-state index < -0.39 is 0 Å². The summed E-state index contributed by atoms with van der Waals surface area (Å²) in [4.78, 5) is 24.3. The maximum atomic E-state index is 11.7. The van der Waals surface area contributed by atoms with Crippen molar-refractivity contribution in [3.05, 3.63) is 0 Å². The number of hydrogen-bond acceptors (Lipinski definition) is 3. The summed E-state index contributed by atoms with van der Waals surface area (Å²) in [5.74, 6) is 0.190. The molecule has 0 aliphatic carbocycles. The fourth-order valence-electron chi connectivity index (χ4n) is 1.55. The van der Waals surface area contributed by atoms with Gasteiger partial charge in [0.2, 0.25) is 11.8 Å². The molecule has 1 fully saturated rings. The summed E-state index contributed by atoms with van der Waals surface area (Å²) < 4.78 is 0. The maximum absolute atomic E-state index is 11.7. The Morgan fingerprint density at radius 3 is 2.81 bits per heavy atom. The number of likely N-dealkylation sites (N-methyl/N-ethyl adjacent to an activating group) is 1. The van der Waals surface area contributed by atoms with E-state index in [-0.39, 0.29) is 23.9 Å². The van der Waals surface area contributed by atoms with E-state index in [2.05, 4.69) is 10.6 Å². The molecular formula is C11H21N3O2. The summed E-state index contributed by atoms with van der Waals surface area (Å²) in [7, 11) is 1.80. The summed E-state index contributed by atoms with van der Waals surface area (Å²) in [6.45, 7) is 4.93. The van der Waals surface area contributed by atoms with Gasteiger partial charge in [0.05, 0.1) is 6.54 Å². The van der Waals surface area contributed by atoms with Crippen molar-refractivity contribution >= 4 is 11.8 Å². The lowest BCUT2D eigenvalue weighted by Gasteiger charge is -2.26. The smallest absolute Gasteiger partial charge is 0.236 e. The van der Waals surface area contributed by atoms with Gasteiger partial charge in [-0.05, 0) is 20.3 Å². The Kier molecular flexibility index (Phi) is 4.73. The maximum Gasteiger partial charge on any atom is 0.236 e. The van der Waals surface area contributed by atoms with Crippen LogP contribution in [0.15, 0.2) is 0 Å². The summed E-state index contributed by atoms with van der Waals surface area (Å²) in [6, 6.07) is 0.447. The van der Waals surface area contributed by atoms with E-state index in [1.807, 2.05) is 13.8 Å². The predicted molar refractivity (Wildman–Crippen MR) is 61.9 cm³/mol. The first-order valence-electron chi connectivity index (χ1n) is 5.76. The summed E-state index contributed by atoms with van der Waals surface area (Å²) in [5.41, 5.74) is 0. The van der Waals surface area contributed by atoms with Crippen molar-refractivity contribution in [1.29, 1.82) is 0 Å². The molecule has 2 N–H and O–H groups in total. The van der Waals surface area contributed by atoms with Crippen molar-refractivity contribution in [3.63, 3.8) is 0 Å². The zero-order valence-electron chi connectivity index (χ0n) is 10.2. The number of piperidine rings is 1. The van der Waals surface area contributed by atoms with Gasteiger partial charge in [-0.15, -0.1) is 0 Å². The van der Waals surface area contributed by atoms with Gasteiger partial charge in [0.1, 0.15) is 0 Å². The lowest BCUT2D eigenvalue weighted by atomic mass is 10.1. The van der Waals surface area contributed by atoms with Gasteiger partial charge in [-0.1, -0.05) is 0 Å². The topological polar surface area (TPSA) is 61.4 Å². The Balaban J connectivity index is 2.24. The molecule has 0 radical (unpaired) electrons. The number of carbonyl (C=O) groups is 2. The highest BCUT2D eigenvalue weighted by atomic mass is 16.2. The van der Waals surface area contributed by atoms with E-state index in [1.165, 1.54) is 0 Å². The van der Waals surface area contributed by atoms with Crippen molar-refractivity contribution in [2.45, 2.75) is 38.8 Å². The van der Waals surface area contributed by atoms with E-state index in [0.29, 0.717) is 19.5 Å². The van der Waals surface area contributed by atoms with E-state index in [4.69, 9.17) is 0 Å². The molecule has 2 amide bonds. The van der Waals surface area contributed by atoms with E-state index in [0.717, 1.165) is 6.42 Å². The fourth-order valence-corrected chi connectivity index (χ4v) is 1.55. The molecule has 0 aromatic carbocycles. The molecule has 1 aliphatic heterocycles. The molecule has 16 heavy (non-hydrogen) atoms. The van der Waals surface area contributed by atoms with Crippen molar-refractivity contribution in [2.75, 3.05) is 20.1 Å². The Hall–Kier alpha value is -1.10. The van der Waals surface area contributed by atoms with E-state index >= 15 is 0 Å². The lowest BCUT2D eigenvalue weighted by molar-refractivity contribution is -0.130. The molecule has 0 aromatic rings. The summed E-state index contributed by atoms with van der Waals surface area (Å²) in [6.07, 6.45) is 1.36. The minimum absolute atomic E-state index is 0.0897. The minimum Gasteiger partial charge on any atom is -0.355 e. The van der Waals surface area contributed by atoms with Gasteiger partial charge < -0.3 is 15.5 Å². The first kappa shape index (κ1) is 13.0. The van der Waals surface area contributed by atoms with Crippen LogP contribution in [0.3, 0.4) is 0 Å². The Labute approximate surface area is 96.6 Å². The van der Waals surface area contributed by atoms with E-state index in [9.17, 15) is 9.59 Å². The molecule has 1 atom stereocenters. The van der Waals surface area contributed by atoms with Gasteiger partial charge in [-0.25, -0.2) is 0 Å². The molecule has 1 heterocycles. The Morgan fingerprint density at radius 2 is 2.31 bits per heavy atom. The standard InChI is InChI=1S/C11H21N3O2/c1-8(2)14(3)11(16)7-12-9-4-5-10(15)13-6-9/h8-9,12H,4-7H2,1-3H3,(H,13,15). The minimum atomic E-state index is 0.0897. The van der Waals surface area contributed by atoms with Crippen LogP contribution in [-0.4, -0.2) is 48.9 Å². The summed E-state index contributed by atoms with van der Waals surface area (Å²) in [5, 5.41) is 5.95. The molecule has 1 saturated heterocycles. The van der Waals surface area contributed by atoms with Gasteiger partial charge in [0, 0.05) is 32.1 Å².